The third kappa shape index (κ3) is 2.84. The second-order valence-electron chi connectivity index (χ2n) is 2.96. The summed E-state index contributed by atoms with van der Waals surface area (Å²) in [6.07, 6.45) is 5.75. The average Bonchev–Trinajstić information content (AvgIpc) is 2.61. The Morgan fingerprint density at radius 3 is 2.64 bits per heavy atom. The smallest absolute Gasteiger partial charge is 0.150 e. The third-order valence-corrected chi connectivity index (χ3v) is 2.14. The zero-order chi connectivity index (χ0) is 10.4. The molecule has 1 heterocycles. The van der Waals surface area contributed by atoms with E-state index in [1.54, 1.807) is 0 Å². The number of nitrogens with zero attached hydrogens (tertiary/aromatic N) is 3. The van der Waals surface area contributed by atoms with Crippen LogP contribution in [0.15, 0.2) is 12.2 Å². The van der Waals surface area contributed by atoms with E-state index >= 15 is 0 Å². The number of rotatable bonds is 5. The van der Waals surface area contributed by atoms with Gasteiger partial charge in [0.25, 0.3) is 0 Å². The molecule has 14 heavy (non-hydrogen) atoms. The monoisotopic (exact) mass is 213 g/mol. The molecular weight excluding hydrogens is 198 g/mol. The Morgan fingerprint density at radius 1 is 1.29 bits per heavy atom. The van der Waals surface area contributed by atoms with Gasteiger partial charge in [0.2, 0.25) is 0 Å². The van der Waals surface area contributed by atoms with Gasteiger partial charge in [-0.1, -0.05) is 26.0 Å². The van der Waals surface area contributed by atoms with Crippen LogP contribution in [0.5, 0.6) is 0 Å². The molecule has 0 N–H and O–H groups in total. The van der Waals surface area contributed by atoms with Crippen LogP contribution in [0.3, 0.4) is 0 Å². The Bertz CT molecular complexity index is 304. The van der Waals surface area contributed by atoms with Crippen molar-refractivity contribution < 1.29 is 0 Å². The highest BCUT2D eigenvalue weighted by Gasteiger charge is 2.04. The van der Waals surface area contributed by atoms with Gasteiger partial charge >= 0.3 is 0 Å². The van der Waals surface area contributed by atoms with Crippen LogP contribution in [0.4, 0.5) is 0 Å². The summed E-state index contributed by atoms with van der Waals surface area (Å²) in [7, 11) is 0. The lowest BCUT2D eigenvalue weighted by atomic mass is 10.4. The summed E-state index contributed by atoms with van der Waals surface area (Å²) in [5.74, 6) is 2.51. The van der Waals surface area contributed by atoms with Crippen molar-refractivity contribution in [2.45, 2.75) is 33.2 Å². The zero-order valence-electron chi connectivity index (χ0n) is 8.70. The van der Waals surface area contributed by atoms with Crippen LogP contribution in [0.25, 0.3) is 0 Å². The minimum absolute atomic E-state index is 0.552. The summed E-state index contributed by atoms with van der Waals surface area (Å²) >= 11 is 5.54. The first-order chi connectivity index (χ1) is 6.81. The quantitative estimate of drug-likeness (QED) is 0.555. The number of halogens is 1. The van der Waals surface area contributed by atoms with Crippen LogP contribution in [-0.4, -0.2) is 20.6 Å². The number of aromatic nitrogens is 3. The summed E-state index contributed by atoms with van der Waals surface area (Å²) < 4.78 is 1.93. The number of alkyl halides is 1. The van der Waals surface area contributed by atoms with Crippen LogP contribution in [0.1, 0.15) is 25.5 Å². The van der Waals surface area contributed by atoms with Crippen molar-refractivity contribution in [3.63, 3.8) is 0 Å². The maximum Gasteiger partial charge on any atom is 0.150 e. The maximum atomic E-state index is 5.54. The Hall–Kier alpha value is -0.830. The highest BCUT2D eigenvalue weighted by Crippen LogP contribution is 2.01. The summed E-state index contributed by atoms with van der Waals surface area (Å²) in [5, 5.41) is 4.38. The molecule has 1 rings (SSSR count). The molecule has 0 amide bonds. The van der Waals surface area contributed by atoms with Crippen LogP contribution < -0.4 is 0 Å². The van der Waals surface area contributed by atoms with Gasteiger partial charge in [0.05, 0.1) is 6.54 Å². The molecule has 0 fully saturated rings. The minimum atomic E-state index is 0.552. The fourth-order valence-electron chi connectivity index (χ4n) is 1.22. The van der Waals surface area contributed by atoms with Crippen molar-refractivity contribution in [1.82, 2.24) is 14.8 Å². The molecule has 0 aliphatic carbocycles. The zero-order valence-corrected chi connectivity index (χ0v) is 9.46. The largest absolute Gasteiger partial charge is 0.246 e. The van der Waals surface area contributed by atoms with Gasteiger partial charge < -0.3 is 0 Å². The first-order valence-corrected chi connectivity index (χ1v) is 5.48. The van der Waals surface area contributed by atoms with Crippen molar-refractivity contribution in [3.05, 3.63) is 23.8 Å². The minimum Gasteiger partial charge on any atom is -0.246 e. The van der Waals surface area contributed by atoms with E-state index in [1.807, 2.05) is 16.8 Å². The van der Waals surface area contributed by atoms with Crippen molar-refractivity contribution in [2.75, 3.05) is 5.88 Å². The van der Waals surface area contributed by atoms with E-state index in [-0.39, 0.29) is 0 Å². The highest BCUT2D eigenvalue weighted by atomic mass is 35.5. The first kappa shape index (κ1) is 11.2. The van der Waals surface area contributed by atoms with Gasteiger partial charge in [0.15, 0.2) is 5.82 Å². The second-order valence-corrected chi connectivity index (χ2v) is 3.27. The van der Waals surface area contributed by atoms with Gasteiger partial charge in [-0.15, -0.1) is 11.6 Å². The van der Waals surface area contributed by atoms with Crippen LogP contribution in [0.2, 0.25) is 0 Å². The predicted octanol–water partition coefficient (Wildman–Crippen LogP) is 2.20. The van der Waals surface area contributed by atoms with Gasteiger partial charge in [-0.25, -0.2) is 9.67 Å². The highest BCUT2D eigenvalue weighted by molar-refractivity contribution is 6.18. The van der Waals surface area contributed by atoms with Crippen LogP contribution in [-0.2, 0) is 19.4 Å². The predicted molar refractivity (Wildman–Crippen MR) is 58.6 cm³/mol. The maximum absolute atomic E-state index is 5.54. The number of aryl methyl sites for hydroxylation is 2. The number of allylic oxidation sites excluding steroid dienone is 2. The van der Waals surface area contributed by atoms with Crippen molar-refractivity contribution >= 4 is 11.6 Å². The molecule has 0 saturated heterocycles. The Morgan fingerprint density at radius 2 is 2.07 bits per heavy atom. The van der Waals surface area contributed by atoms with E-state index in [0.29, 0.717) is 5.88 Å². The average molecular weight is 214 g/mol. The first-order valence-electron chi connectivity index (χ1n) is 4.95. The van der Waals surface area contributed by atoms with Gasteiger partial charge in [-0.2, -0.15) is 5.10 Å². The van der Waals surface area contributed by atoms with Crippen LogP contribution >= 0.6 is 11.6 Å². The topological polar surface area (TPSA) is 30.7 Å². The molecule has 0 atom stereocenters. The molecule has 0 aromatic carbocycles. The second kappa shape index (κ2) is 5.81. The lowest BCUT2D eigenvalue weighted by Gasteiger charge is -1.98. The Balaban J connectivity index is 2.73. The molecule has 78 valence electrons. The molecule has 0 unspecified atom stereocenters. The van der Waals surface area contributed by atoms with E-state index in [2.05, 4.69) is 23.9 Å². The van der Waals surface area contributed by atoms with Gasteiger partial charge in [-0.3, -0.25) is 0 Å². The Labute approximate surface area is 89.8 Å². The van der Waals surface area contributed by atoms with Crippen molar-refractivity contribution in [2.24, 2.45) is 0 Å². The molecule has 0 aliphatic heterocycles. The van der Waals surface area contributed by atoms with Gasteiger partial charge in [0, 0.05) is 18.7 Å². The van der Waals surface area contributed by atoms with Gasteiger partial charge in [0.1, 0.15) is 5.82 Å². The third-order valence-electron chi connectivity index (χ3n) is 1.96. The normalized spacial score (nSPS) is 11.4. The van der Waals surface area contributed by atoms with E-state index in [4.69, 9.17) is 11.6 Å². The molecule has 0 spiro atoms. The molecule has 0 aliphatic rings. The van der Waals surface area contributed by atoms with Crippen molar-refractivity contribution in [1.29, 1.82) is 0 Å². The number of hydrogen-bond acceptors (Lipinski definition) is 2. The lowest BCUT2D eigenvalue weighted by Crippen LogP contribution is -2.03. The molecule has 0 radical (unpaired) electrons. The molecular formula is C10H16ClN3. The summed E-state index contributed by atoms with van der Waals surface area (Å²) in [6.45, 7) is 4.92. The van der Waals surface area contributed by atoms with E-state index in [0.717, 1.165) is 31.0 Å². The molecule has 1 aromatic rings. The molecule has 1 aromatic heterocycles. The lowest BCUT2D eigenvalue weighted by molar-refractivity contribution is 0.648. The van der Waals surface area contributed by atoms with Crippen molar-refractivity contribution in [3.8, 4) is 0 Å². The van der Waals surface area contributed by atoms with E-state index < -0.39 is 0 Å². The summed E-state index contributed by atoms with van der Waals surface area (Å²) in [5.41, 5.74) is 0. The number of hydrogen-bond donors (Lipinski definition) is 0. The summed E-state index contributed by atoms with van der Waals surface area (Å²) in [4.78, 5) is 4.41. The molecule has 0 saturated carbocycles. The van der Waals surface area contributed by atoms with E-state index in [9.17, 15) is 0 Å². The fraction of sp³-hybridized carbons (Fsp3) is 0.600. The summed E-state index contributed by atoms with van der Waals surface area (Å²) in [6, 6.07) is 0. The van der Waals surface area contributed by atoms with E-state index in [1.165, 1.54) is 0 Å². The molecule has 0 bridgehead atoms. The SMILES string of the molecule is CCc1nc(CC)n(CC=CCCl)n1. The standard InChI is InChI=1S/C10H16ClN3/c1-3-9-12-10(4-2)14(13-9)8-6-5-7-11/h5-6H,3-4,7-8H2,1-2H3. The van der Waals surface area contributed by atoms with Crippen LogP contribution in [0, 0.1) is 0 Å². The molecule has 3 nitrogen and oxygen atoms in total. The molecule has 4 heteroatoms. The van der Waals surface area contributed by atoms with Gasteiger partial charge in [-0.05, 0) is 0 Å². The fourth-order valence-corrected chi connectivity index (χ4v) is 1.35. The Kier molecular flexibility index (Phi) is 4.66.